The van der Waals surface area contributed by atoms with Gasteiger partial charge in [0.15, 0.2) is 5.76 Å². The van der Waals surface area contributed by atoms with Gasteiger partial charge in [0.05, 0.1) is 6.26 Å². The van der Waals surface area contributed by atoms with Crippen LogP contribution in [-0.2, 0) is 16.1 Å². The SMILES string of the molecule is NCCC[C@H](NC(=O)OCC1c2ccccc2-c2ccccc21)C(=O)Nc1ccc(CN(C(=O)c2ccco2)C2CCCCC2)cc1. The number of hydrogen-bond acceptors (Lipinski definition) is 6. The topological polar surface area (TPSA) is 127 Å². The zero-order valence-electron chi connectivity index (χ0n) is 26.5. The Morgan fingerprint density at radius 2 is 1.55 bits per heavy atom. The number of benzene rings is 3. The predicted octanol–water partition coefficient (Wildman–Crippen LogP) is 6.84. The first kappa shape index (κ1) is 32.1. The van der Waals surface area contributed by atoms with Gasteiger partial charge in [-0.3, -0.25) is 9.59 Å². The van der Waals surface area contributed by atoms with Gasteiger partial charge in [-0.25, -0.2) is 4.79 Å². The summed E-state index contributed by atoms with van der Waals surface area (Å²) in [5, 5.41) is 5.68. The summed E-state index contributed by atoms with van der Waals surface area (Å²) in [6.07, 6.45) is 7.15. The molecular formula is C38H42N4O5. The molecule has 6 rings (SSSR count). The number of alkyl carbamates (subject to hydrolysis) is 1. The van der Waals surface area contributed by atoms with Crippen molar-refractivity contribution in [2.45, 2.75) is 69.5 Å². The molecule has 9 heteroatoms. The fraction of sp³-hybridized carbons (Fsp3) is 0.342. The maximum atomic E-state index is 13.3. The van der Waals surface area contributed by atoms with Crippen molar-refractivity contribution in [3.8, 4) is 11.1 Å². The minimum Gasteiger partial charge on any atom is -0.459 e. The molecule has 0 unspecified atom stereocenters. The smallest absolute Gasteiger partial charge is 0.407 e. The molecule has 1 heterocycles. The Bertz CT molecular complexity index is 1620. The molecule has 0 spiro atoms. The molecule has 244 valence electrons. The molecule has 3 aromatic carbocycles. The van der Waals surface area contributed by atoms with Gasteiger partial charge in [-0.05, 0) is 84.3 Å². The standard InChI is InChI=1S/C38H42N4O5/c39-22-8-16-34(41-38(45)47-25-33-31-14-6-4-12-29(31)30-13-5-7-15-32(30)33)36(43)40-27-20-18-26(19-21-27)24-42(28-10-2-1-3-11-28)37(44)35-17-9-23-46-35/h4-7,9,12-15,17-21,23,28,33-34H,1-3,8,10-11,16,22,24-25,39H2,(H,40,43)(H,41,45)/t34-/m0/s1. The summed E-state index contributed by atoms with van der Waals surface area (Å²) < 4.78 is 11.1. The van der Waals surface area contributed by atoms with E-state index in [4.69, 9.17) is 14.9 Å². The molecule has 4 aromatic rings. The first-order valence-corrected chi connectivity index (χ1v) is 16.6. The van der Waals surface area contributed by atoms with E-state index in [9.17, 15) is 14.4 Å². The predicted molar refractivity (Wildman–Crippen MR) is 181 cm³/mol. The lowest BCUT2D eigenvalue weighted by molar-refractivity contribution is -0.118. The van der Waals surface area contributed by atoms with Gasteiger partial charge >= 0.3 is 6.09 Å². The molecule has 3 amide bonds. The second-order valence-electron chi connectivity index (χ2n) is 12.3. The number of carbonyl (C=O) groups excluding carboxylic acids is 3. The lowest BCUT2D eigenvalue weighted by Crippen LogP contribution is -2.44. The minimum atomic E-state index is -0.818. The molecule has 4 N–H and O–H groups in total. The normalized spacial score (nSPS) is 14.9. The first-order valence-electron chi connectivity index (χ1n) is 16.6. The maximum absolute atomic E-state index is 13.3. The number of nitrogens with two attached hydrogens (primary N) is 1. The van der Waals surface area contributed by atoms with E-state index in [2.05, 4.69) is 34.9 Å². The fourth-order valence-electron chi connectivity index (χ4n) is 6.79. The summed E-state index contributed by atoms with van der Waals surface area (Å²) in [6.45, 7) is 0.993. The highest BCUT2D eigenvalue weighted by Crippen LogP contribution is 2.44. The highest BCUT2D eigenvalue weighted by Gasteiger charge is 2.30. The second-order valence-corrected chi connectivity index (χ2v) is 12.3. The second kappa shape index (κ2) is 15.1. The molecule has 47 heavy (non-hydrogen) atoms. The number of anilines is 1. The molecule has 1 atom stereocenters. The van der Waals surface area contributed by atoms with E-state index < -0.39 is 12.1 Å². The average molecular weight is 635 g/mol. The Hall–Kier alpha value is -4.89. The lowest BCUT2D eigenvalue weighted by atomic mass is 9.93. The molecule has 1 aromatic heterocycles. The number of furan rings is 1. The molecule has 1 fully saturated rings. The Kier molecular flexibility index (Phi) is 10.3. The van der Waals surface area contributed by atoms with Crippen molar-refractivity contribution in [2.75, 3.05) is 18.5 Å². The summed E-state index contributed by atoms with van der Waals surface area (Å²) in [6, 6.07) is 26.5. The van der Waals surface area contributed by atoms with Crippen LogP contribution in [0.25, 0.3) is 11.1 Å². The summed E-state index contributed by atoms with van der Waals surface area (Å²) in [5.41, 5.74) is 11.8. The quantitative estimate of drug-likeness (QED) is 0.157. The van der Waals surface area contributed by atoms with E-state index in [1.807, 2.05) is 53.4 Å². The van der Waals surface area contributed by atoms with Crippen LogP contribution in [0.2, 0.25) is 0 Å². The maximum Gasteiger partial charge on any atom is 0.407 e. The number of carbonyl (C=O) groups is 3. The van der Waals surface area contributed by atoms with E-state index in [-0.39, 0.29) is 30.4 Å². The zero-order valence-corrected chi connectivity index (χ0v) is 26.5. The number of hydrogen-bond donors (Lipinski definition) is 3. The molecule has 0 bridgehead atoms. The van der Waals surface area contributed by atoms with Crippen molar-refractivity contribution >= 4 is 23.6 Å². The van der Waals surface area contributed by atoms with Gasteiger partial charge in [0.2, 0.25) is 5.91 Å². The Morgan fingerprint density at radius 3 is 2.19 bits per heavy atom. The van der Waals surface area contributed by atoms with Gasteiger partial charge in [-0.1, -0.05) is 79.9 Å². The molecule has 2 aliphatic rings. The van der Waals surface area contributed by atoms with E-state index in [1.54, 1.807) is 12.1 Å². The Balaban J connectivity index is 1.07. The van der Waals surface area contributed by atoms with E-state index in [0.717, 1.165) is 53.5 Å². The van der Waals surface area contributed by atoms with Crippen LogP contribution in [0.1, 0.15) is 78.1 Å². The van der Waals surface area contributed by atoms with Crippen LogP contribution >= 0.6 is 0 Å². The number of nitrogens with zero attached hydrogens (tertiary/aromatic N) is 1. The summed E-state index contributed by atoms with van der Waals surface area (Å²) in [7, 11) is 0. The van der Waals surface area contributed by atoms with Crippen LogP contribution < -0.4 is 16.4 Å². The fourth-order valence-corrected chi connectivity index (χ4v) is 6.79. The molecule has 0 aliphatic heterocycles. The van der Waals surface area contributed by atoms with Crippen molar-refractivity contribution in [3.05, 3.63) is 114 Å². The van der Waals surface area contributed by atoms with Gasteiger partial charge in [0.1, 0.15) is 12.6 Å². The van der Waals surface area contributed by atoms with Crippen molar-refractivity contribution in [1.82, 2.24) is 10.2 Å². The highest BCUT2D eigenvalue weighted by molar-refractivity contribution is 5.96. The van der Waals surface area contributed by atoms with Crippen LogP contribution in [0.4, 0.5) is 10.5 Å². The molecule has 0 radical (unpaired) electrons. The van der Waals surface area contributed by atoms with Gasteiger partial charge in [0, 0.05) is 24.2 Å². The number of ether oxygens (including phenoxy) is 1. The van der Waals surface area contributed by atoms with E-state index in [0.29, 0.717) is 37.4 Å². The highest BCUT2D eigenvalue weighted by atomic mass is 16.5. The summed E-state index contributed by atoms with van der Waals surface area (Å²) >= 11 is 0. The number of rotatable bonds is 12. The van der Waals surface area contributed by atoms with Gasteiger partial charge < -0.3 is 30.4 Å². The minimum absolute atomic E-state index is 0.0774. The first-order chi connectivity index (χ1) is 23.0. The van der Waals surface area contributed by atoms with Crippen LogP contribution in [0, 0.1) is 0 Å². The Labute approximate surface area is 275 Å². The van der Waals surface area contributed by atoms with Gasteiger partial charge in [0.25, 0.3) is 5.91 Å². The lowest BCUT2D eigenvalue weighted by Gasteiger charge is -2.34. The third-order valence-electron chi connectivity index (χ3n) is 9.23. The summed E-state index contributed by atoms with van der Waals surface area (Å²) in [5.74, 6) is -0.198. The van der Waals surface area contributed by atoms with Crippen molar-refractivity contribution in [2.24, 2.45) is 5.73 Å². The van der Waals surface area contributed by atoms with Gasteiger partial charge in [-0.15, -0.1) is 0 Å². The van der Waals surface area contributed by atoms with Crippen molar-refractivity contribution < 1.29 is 23.5 Å². The van der Waals surface area contributed by atoms with Gasteiger partial charge in [-0.2, -0.15) is 0 Å². The summed E-state index contributed by atoms with van der Waals surface area (Å²) in [4.78, 5) is 41.6. The van der Waals surface area contributed by atoms with E-state index in [1.165, 1.54) is 12.7 Å². The number of nitrogens with one attached hydrogen (secondary N) is 2. The average Bonchev–Trinajstić information content (AvgIpc) is 3.76. The van der Waals surface area contributed by atoms with Crippen LogP contribution in [0.15, 0.2) is 95.6 Å². The van der Waals surface area contributed by atoms with E-state index >= 15 is 0 Å². The third-order valence-corrected chi connectivity index (χ3v) is 9.23. The molecular weight excluding hydrogens is 592 g/mol. The van der Waals surface area contributed by atoms with Crippen molar-refractivity contribution in [3.63, 3.8) is 0 Å². The monoisotopic (exact) mass is 634 g/mol. The molecule has 1 saturated carbocycles. The van der Waals surface area contributed by atoms with Crippen molar-refractivity contribution in [1.29, 1.82) is 0 Å². The molecule has 0 saturated heterocycles. The Morgan fingerprint density at radius 1 is 0.872 bits per heavy atom. The zero-order chi connectivity index (χ0) is 32.6. The van der Waals surface area contributed by atoms with Crippen LogP contribution in [0.5, 0.6) is 0 Å². The molecule has 2 aliphatic carbocycles. The largest absolute Gasteiger partial charge is 0.459 e. The third kappa shape index (κ3) is 7.58. The number of amides is 3. The molecule has 9 nitrogen and oxygen atoms in total. The number of fused-ring (bicyclic) bond motifs is 3. The van der Waals surface area contributed by atoms with Crippen LogP contribution in [0.3, 0.4) is 0 Å². The van der Waals surface area contributed by atoms with Crippen LogP contribution in [-0.4, -0.2) is 48.0 Å².